The van der Waals surface area contributed by atoms with E-state index in [-0.39, 0.29) is 0 Å². The fourth-order valence-corrected chi connectivity index (χ4v) is 2.11. The lowest BCUT2D eigenvalue weighted by molar-refractivity contribution is 0.291. The van der Waals surface area contributed by atoms with Crippen LogP contribution in [0.25, 0.3) is 0 Å². The third kappa shape index (κ3) is 4.10. The summed E-state index contributed by atoms with van der Waals surface area (Å²) in [6, 6.07) is 0.878. The molecule has 1 saturated heterocycles. The lowest BCUT2D eigenvalue weighted by Gasteiger charge is -2.18. The first kappa shape index (κ1) is 11.0. The molecule has 1 N–H and O–H groups in total. The molecule has 1 aliphatic heterocycles. The Hall–Kier alpha value is -0.0800. The fraction of sp³-hybridized carbons (Fsp3) is 1.00. The first-order chi connectivity index (χ1) is 6.34. The monoisotopic (exact) mass is 184 g/mol. The van der Waals surface area contributed by atoms with Crippen molar-refractivity contribution < 1.29 is 0 Å². The molecule has 0 amide bonds. The summed E-state index contributed by atoms with van der Waals surface area (Å²) in [6.07, 6.45) is 6.80. The predicted molar refractivity (Wildman–Crippen MR) is 58.0 cm³/mol. The molecule has 1 atom stereocenters. The smallest absolute Gasteiger partial charge is 0.00931 e. The number of likely N-dealkylation sites (tertiary alicyclic amines) is 1. The van der Waals surface area contributed by atoms with Gasteiger partial charge in [0.15, 0.2) is 0 Å². The lowest BCUT2D eigenvalue weighted by Crippen LogP contribution is -2.26. The van der Waals surface area contributed by atoms with Crippen molar-refractivity contribution in [1.82, 2.24) is 10.2 Å². The van der Waals surface area contributed by atoms with Crippen LogP contribution in [0, 0.1) is 0 Å². The summed E-state index contributed by atoms with van der Waals surface area (Å²) in [7, 11) is 2.26. The Labute approximate surface area is 82.7 Å². The number of rotatable bonds is 6. The standard InChI is InChI=1S/C11H24N2/c1-3-8-12-9-4-6-11-7-5-10-13(11)2/h11-12H,3-10H2,1-2H3/t11-/m0/s1. The number of hydrogen-bond acceptors (Lipinski definition) is 2. The Balaban J connectivity index is 1.93. The second-order valence-corrected chi connectivity index (χ2v) is 4.17. The highest BCUT2D eigenvalue weighted by atomic mass is 15.1. The second-order valence-electron chi connectivity index (χ2n) is 4.17. The van der Waals surface area contributed by atoms with Gasteiger partial charge in [-0.1, -0.05) is 6.92 Å². The van der Waals surface area contributed by atoms with E-state index in [1.165, 1.54) is 51.7 Å². The van der Waals surface area contributed by atoms with Crippen LogP contribution in [0.5, 0.6) is 0 Å². The number of nitrogens with one attached hydrogen (secondary N) is 1. The highest BCUT2D eigenvalue weighted by Gasteiger charge is 2.19. The van der Waals surface area contributed by atoms with Crippen molar-refractivity contribution in [2.45, 2.75) is 45.1 Å². The molecule has 2 heteroatoms. The van der Waals surface area contributed by atoms with E-state index < -0.39 is 0 Å². The largest absolute Gasteiger partial charge is 0.317 e. The van der Waals surface area contributed by atoms with Gasteiger partial charge in [-0.05, 0) is 58.8 Å². The molecule has 0 radical (unpaired) electrons. The molecule has 1 aliphatic rings. The average molecular weight is 184 g/mol. The third-order valence-electron chi connectivity index (χ3n) is 2.99. The Bertz CT molecular complexity index is 125. The first-order valence-corrected chi connectivity index (χ1v) is 5.75. The highest BCUT2D eigenvalue weighted by Crippen LogP contribution is 2.18. The molecule has 78 valence electrons. The summed E-state index contributed by atoms with van der Waals surface area (Å²) >= 11 is 0. The van der Waals surface area contributed by atoms with Crippen molar-refractivity contribution in [3.8, 4) is 0 Å². The zero-order valence-corrected chi connectivity index (χ0v) is 9.18. The van der Waals surface area contributed by atoms with E-state index in [1.54, 1.807) is 0 Å². The normalized spacial score (nSPS) is 24.0. The van der Waals surface area contributed by atoms with Crippen LogP contribution >= 0.6 is 0 Å². The summed E-state index contributed by atoms with van der Waals surface area (Å²) < 4.78 is 0. The van der Waals surface area contributed by atoms with E-state index in [1.807, 2.05) is 0 Å². The van der Waals surface area contributed by atoms with Crippen LogP contribution in [0.3, 0.4) is 0 Å². The Morgan fingerprint density at radius 2 is 2.23 bits per heavy atom. The van der Waals surface area contributed by atoms with Gasteiger partial charge in [0.25, 0.3) is 0 Å². The Morgan fingerprint density at radius 1 is 1.38 bits per heavy atom. The molecular weight excluding hydrogens is 160 g/mol. The quantitative estimate of drug-likeness (QED) is 0.634. The van der Waals surface area contributed by atoms with Gasteiger partial charge in [0.1, 0.15) is 0 Å². The molecule has 1 heterocycles. The van der Waals surface area contributed by atoms with Gasteiger partial charge in [0.05, 0.1) is 0 Å². The van der Waals surface area contributed by atoms with Gasteiger partial charge in [-0.25, -0.2) is 0 Å². The molecule has 0 unspecified atom stereocenters. The molecule has 0 aromatic heterocycles. The summed E-state index contributed by atoms with van der Waals surface area (Å²) in [5.41, 5.74) is 0. The maximum Gasteiger partial charge on any atom is 0.00931 e. The molecule has 2 nitrogen and oxygen atoms in total. The van der Waals surface area contributed by atoms with Crippen molar-refractivity contribution >= 4 is 0 Å². The topological polar surface area (TPSA) is 15.3 Å². The molecule has 0 saturated carbocycles. The molecular formula is C11H24N2. The van der Waals surface area contributed by atoms with Crippen molar-refractivity contribution in [3.63, 3.8) is 0 Å². The highest BCUT2D eigenvalue weighted by molar-refractivity contribution is 4.76. The van der Waals surface area contributed by atoms with Gasteiger partial charge < -0.3 is 10.2 Å². The van der Waals surface area contributed by atoms with E-state index in [0.717, 1.165) is 6.04 Å². The van der Waals surface area contributed by atoms with E-state index in [4.69, 9.17) is 0 Å². The van der Waals surface area contributed by atoms with E-state index in [2.05, 4.69) is 24.2 Å². The van der Waals surface area contributed by atoms with E-state index in [0.29, 0.717) is 0 Å². The molecule has 13 heavy (non-hydrogen) atoms. The minimum atomic E-state index is 0.878. The average Bonchev–Trinajstić information content (AvgIpc) is 2.52. The summed E-state index contributed by atoms with van der Waals surface area (Å²) in [5.74, 6) is 0. The van der Waals surface area contributed by atoms with Crippen molar-refractivity contribution in [2.75, 3.05) is 26.7 Å². The third-order valence-corrected chi connectivity index (χ3v) is 2.99. The number of hydrogen-bond donors (Lipinski definition) is 1. The minimum Gasteiger partial charge on any atom is -0.317 e. The summed E-state index contributed by atoms with van der Waals surface area (Å²) in [5, 5.41) is 3.46. The molecule has 0 aromatic carbocycles. The Kier molecular flexibility index (Phi) is 5.40. The molecule has 0 spiro atoms. The second kappa shape index (κ2) is 6.39. The van der Waals surface area contributed by atoms with Gasteiger partial charge >= 0.3 is 0 Å². The molecule has 1 fully saturated rings. The van der Waals surface area contributed by atoms with Crippen molar-refractivity contribution in [3.05, 3.63) is 0 Å². The van der Waals surface area contributed by atoms with Crippen LogP contribution in [0.4, 0.5) is 0 Å². The van der Waals surface area contributed by atoms with Crippen LogP contribution < -0.4 is 5.32 Å². The van der Waals surface area contributed by atoms with Crippen molar-refractivity contribution in [1.29, 1.82) is 0 Å². The maximum atomic E-state index is 3.46. The fourth-order valence-electron chi connectivity index (χ4n) is 2.11. The first-order valence-electron chi connectivity index (χ1n) is 5.75. The molecule has 0 aliphatic carbocycles. The SMILES string of the molecule is CCCNCCC[C@H]1CCCN1C. The van der Waals surface area contributed by atoms with Crippen molar-refractivity contribution in [2.24, 2.45) is 0 Å². The molecule has 0 aromatic rings. The van der Waals surface area contributed by atoms with Crippen LogP contribution in [0.1, 0.15) is 39.0 Å². The van der Waals surface area contributed by atoms with Crippen LogP contribution in [0.2, 0.25) is 0 Å². The summed E-state index contributed by atoms with van der Waals surface area (Å²) in [4.78, 5) is 2.51. The van der Waals surface area contributed by atoms with Crippen LogP contribution in [0.15, 0.2) is 0 Å². The zero-order chi connectivity index (χ0) is 9.52. The van der Waals surface area contributed by atoms with Gasteiger partial charge in [0, 0.05) is 6.04 Å². The Morgan fingerprint density at radius 3 is 2.85 bits per heavy atom. The lowest BCUT2D eigenvalue weighted by atomic mass is 10.1. The van der Waals surface area contributed by atoms with Crippen LogP contribution in [-0.4, -0.2) is 37.6 Å². The minimum absolute atomic E-state index is 0.878. The van der Waals surface area contributed by atoms with E-state index in [9.17, 15) is 0 Å². The van der Waals surface area contributed by atoms with Gasteiger partial charge in [-0.3, -0.25) is 0 Å². The number of nitrogens with zero attached hydrogens (tertiary/aromatic N) is 1. The van der Waals surface area contributed by atoms with Gasteiger partial charge in [0.2, 0.25) is 0 Å². The zero-order valence-electron chi connectivity index (χ0n) is 9.18. The van der Waals surface area contributed by atoms with Crippen LogP contribution in [-0.2, 0) is 0 Å². The van der Waals surface area contributed by atoms with E-state index >= 15 is 0 Å². The summed E-state index contributed by atoms with van der Waals surface area (Å²) in [6.45, 7) is 5.92. The molecule has 1 rings (SSSR count). The molecule has 0 bridgehead atoms. The predicted octanol–water partition coefficient (Wildman–Crippen LogP) is 1.86. The maximum absolute atomic E-state index is 3.46. The van der Waals surface area contributed by atoms with Gasteiger partial charge in [-0.15, -0.1) is 0 Å². The van der Waals surface area contributed by atoms with Gasteiger partial charge in [-0.2, -0.15) is 0 Å².